The molecule has 0 atom stereocenters. The van der Waals surface area contributed by atoms with Gasteiger partial charge in [-0.1, -0.05) is 48.5 Å². The van der Waals surface area contributed by atoms with Crippen LogP contribution in [0.5, 0.6) is 5.75 Å². The van der Waals surface area contributed by atoms with Crippen LogP contribution in [0.2, 0.25) is 5.02 Å². The van der Waals surface area contributed by atoms with Gasteiger partial charge in [0.2, 0.25) is 0 Å². The monoisotopic (exact) mass is 254 g/mol. The number of allylic oxidation sites excluding steroid dienone is 1. The highest BCUT2D eigenvalue weighted by Crippen LogP contribution is 2.35. The SMILES string of the molecule is C=C1Oc2ccccc2C=C1c1ccc(Cl)cc1. The first-order valence-electron chi connectivity index (χ1n) is 5.68. The molecule has 88 valence electrons. The molecule has 0 bridgehead atoms. The van der Waals surface area contributed by atoms with Crippen LogP contribution in [0, 0.1) is 0 Å². The Morgan fingerprint density at radius 2 is 1.67 bits per heavy atom. The van der Waals surface area contributed by atoms with Crippen LogP contribution in [0.3, 0.4) is 0 Å². The lowest BCUT2D eigenvalue weighted by atomic mass is 9.99. The third kappa shape index (κ3) is 1.93. The van der Waals surface area contributed by atoms with E-state index in [9.17, 15) is 0 Å². The van der Waals surface area contributed by atoms with Gasteiger partial charge in [-0.05, 0) is 29.8 Å². The predicted octanol–water partition coefficient (Wildman–Crippen LogP) is 4.79. The van der Waals surface area contributed by atoms with Crippen molar-refractivity contribution in [1.29, 1.82) is 0 Å². The molecule has 1 nitrogen and oxygen atoms in total. The standard InChI is InChI=1S/C16H11ClO/c1-11-15(12-6-8-14(17)9-7-12)10-13-4-2-3-5-16(13)18-11/h2-10H,1H2. The maximum absolute atomic E-state index is 5.89. The van der Waals surface area contributed by atoms with Crippen molar-refractivity contribution < 1.29 is 4.74 Å². The van der Waals surface area contributed by atoms with Gasteiger partial charge in [0.05, 0.1) is 0 Å². The average molecular weight is 255 g/mol. The Balaban J connectivity index is 2.10. The van der Waals surface area contributed by atoms with E-state index in [0.29, 0.717) is 5.76 Å². The summed E-state index contributed by atoms with van der Waals surface area (Å²) >= 11 is 5.89. The first kappa shape index (κ1) is 11.1. The van der Waals surface area contributed by atoms with E-state index in [4.69, 9.17) is 16.3 Å². The summed E-state index contributed by atoms with van der Waals surface area (Å²) in [4.78, 5) is 0. The fourth-order valence-corrected chi connectivity index (χ4v) is 2.12. The molecule has 0 radical (unpaired) electrons. The Kier molecular flexibility index (Phi) is 2.69. The largest absolute Gasteiger partial charge is 0.457 e. The Morgan fingerprint density at radius 1 is 0.944 bits per heavy atom. The second-order valence-corrected chi connectivity index (χ2v) is 4.56. The summed E-state index contributed by atoms with van der Waals surface area (Å²) in [5.74, 6) is 1.51. The number of ether oxygens (including phenoxy) is 1. The number of halogens is 1. The molecule has 3 rings (SSSR count). The second kappa shape index (κ2) is 4.35. The van der Waals surface area contributed by atoms with E-state index < -0.39 is 0 Å². The summed E-state index contributed by atoms with van der Waals surface area (Å²) in [6.07, 6.45) is 2.09. The number of rotatable bonds is 1. The molecule has 1 heterocycles. The van der Waals surface area contributed by atoms with Gasteiger partial charge in [0, 0.05) is 16.2 Å². The molecule has 0 saturated carbocycles. The van der Waals surface area contributed by atoms with Crippen LogP contribution >= 0.6 is 11.6 Å². The van der Waals surface area contributed by atoms with Gasteiger partial charge in [0.25, 0.3) is 0 Å². The molecule has 0 amide bonds. The minimum Gasteiger partial charge on any atom is -0.457 e. The van der Waals surface area contributed by atoms with Crippen molar-refractivity contribution in [2.24, 2.45) is 0 Å². The molecular formula is C16H11ClO. The van der Waals surface area contributed by atoms with Gasteiger partial charge < -0.3 is 4.74 Å². The predicted molar refractivity (Wildman–Crippen MR) is 75.5 cm³/mol. The van der Waals surface area contributed by atoms with Crippen LogP contribution in [0.4, 0.5) is 0 Å². The average Bonchev–Trinajstić information content (AvgIpc) is 2.39. The normalized spacial score (nSPS) is 13.6. The number of fused-ring (bicyclic) bond motifs is 1. The summed E-state index contributed by atoms with van der Waals surface area (Å²) in [6, 6.07) is 15.6. The molecule has 0 aromatic heterocycles. The van der Waals surface area contributed by atoms with E-state index in [1.165, 1.54) is 0 Å². The van der Waals surface area contributed by atoms with Crippen molar-refractivity contribution in [2.75, 3.05) is 0 Å². The minimum absolute atomic E-state index is 0.663. The smallest absolute Gasteiger partial charge is 0.134 e. The topological polar surface area (TPSA) is 9.23 Å². The van der Waals surface area contributed by atoms with Crippen molar-refractivity contribution in [1.82, 2.24) is 0 Å². The van der Waals surface area contributed by atoms with Crippen LogP contribution in [-0.4, -0.2) is 0 Å². The summed E-state index contributed by atoms with van der Waals surface area (Å²) < 4.78 is 5.73. The molecule has 0 aliphatic carbocycles. The van der Waals surface area contributed by atoms with E-state index in [2.05, 4.69) is 12.7 Å². The van der Waals surface area contributed by atoms with Crippen molar-refractivity contribution in [2.45, 2.75) is 0 Å². The second-order valence-electron chi connectivity index (χ2n) is 4.13. The number of para-hydroxylation sites is 1. The molecule has 0 spiro atoms. The van der Waals surface area contributed by atoms with Crippen molar-refractivity contribution in [3.8, 4) is 5.75 Å². The first-order chi connectivity index (χ1) is 8.74. The molecule has 0 saturated heterocycles. The van der Waals surface area contributed by atoms with Crippen LogP contribution in [0.1, 0.15) is 11.1 Å². The quantitative estimate of drug-likeness (QED) is 0.711. The van der Waals surface area contributed by atoms with Gasteiger partial charge >= 0.3 is 0 Å². The third-order valence-corrected chi connectivity index (χ3v) is 3.16. The first-order valence-corrected chi connectivity index (χ1v) is 6.05. The molecule has 2 heteroatoms. The molecule has 0 fully saturated rings. The summed E-state index contributed by atoms with van der Waals surface area (Å²) in [5, 5.41) is 0.724. The van der Waals surface area contributed by atoms with Gasteiger partial charge in [-0.3, -0.25) is 0 Å². The highest BCUT2D eigenvalue weighted by molar-refractivity contribution is 6.30. The van der Waals surface area contributed by atoms with Crippen LogP contribution in [-0.2, 0) is 0 Å². The number of benzene rings is 2. The minimum atomic E-state index is 0.663. The van der Waals surface area contributed by atoms with Gasteiger partial charge in [0.15, 0.2) is 0 Å². The molecule has 1 aliphatic rings. The maximum atomic E-state index is 5.89. The van der Waals surface area contributed by atoms with Crippen molar-refractivity contribution >= 4 is 23.3 Å². The summed E-state index contributed by atoms with van der Waals surface area (Å²) in [6.45, 7) is 3.97. The summed E-state index contributed by atoms with van der Waals surface area (Å²) in [7, 11) is 0. The maximum Gasteiger partial charge on any atom is 0.134 e. The Labute approximate surface area is 111 Å². The zero-order valence-corrected chi connectivity index (χ0v) is 10.4. The molecule has 2 aromatic carbocycles. The van der Waals surface area contributed by atoms with Crippen LogP contribution < -0.4 is 4.74 Å². The van der Waals surface area contributed by atoms with E-state index in [1.807, 2.05) is 48.5 Å². The Morgan fingerprint density at radius 3 is 2.44 bits per heavy atom. The van der Waals surface area contributed by atoms with E-state index >= 15 is 0 Å². The van der Waals surface area contributed by atoms with Gasteiger partial charge in [-0.25, -0.2) is 0 Å². The fraction of sp³-hybridized carbons (Fsp3) is 0. The fourth-order valence-electron chi connectivity index (χ4n) is 1.99. The summed E-state index contributed by atoms with van der Waals surface area (Å²) in [5.41, 5.74) is 3.11. The third-order valence-electron chi connectivity index (χ3n) is 2.91. The van der Waals surface area contributed by atoms with Crippen LogP contribution in [0.25, 0.3) is 11.6 Å². The molecule has 2 aromatic rings. The highest BCUT2D eigenvalue weighted by atomic mass is 35.5. The van der Waals surface area contributed by atoms with Gasteiger partial charge in [-0.15, -0.1) is 0 Å². The zero-order valence-electron chi connectivity index (χ0n) is 9.69. The van der Waals surface area contributed by atoms with E-state index in [0.717, 1.165) is 27.5 Å². The number of hydrogen-bond acceptors (Lipinski definition) is 1. The lowest BCUT2D eigenvalue weighted by Crippen LogP contribution is -2.03. The highest BCUT2D eigenvalue weighted by Gasteiger charge is 2.16. The Bertz CT molecular complexity index is 638. The van der Waals surface area contributed by atoms with Crippen molar-refractivity contribution in [3.05, 3.63) is 77.0 Å². The number of hydrogen-bond donors (Lipinski definition) is 0. The lowest BCUT2D eigenvalue weighted by Gasteiger charge is -2.19. The van der Waals surface area contributed by atoms with Crippen LogP contribution in [0.15, 0.2) is 60.9 Å². The van der Waals surface area contributed by atoms with E-state index in [1.54, 1.807) is 0 Å². The molecule has 0 N–H and O–H groups in total. The molecule has 18 heavy (non-hydrogen) atoms. The van der Waals surface area contributed by atoms with E-state index in [-0.39, 0.29) is 0 Å². The van der Waals surface area contributed by atoms with Gasteiger partial charge in [0.1, 0.15) is 11.5 Å². The molecule has 0 unspecified atom stereocenters. The zero-order chi connectivity index (χ0) is 12.5. The molecular weight excluding hydrogens is 244 g/mol. The lowest BCUT2D eigenvalue weighted by molar-refractivity contribution is 0.447. The van der Waals surface area contributed by atoms with Crippen molar-refractivity contribution in [3.63, 3.8) is 0 Å². The molecule has 1 aliphatic heterocycles. The Hall–Kier alpha value is -1.99. The van der Waals surface area contributed by atoms with Gasteiger partial charge in [-0.2, -0.15) is 0 Å².